The molecule has 1 aromatic heterocycles. The van der Waals surface area contributed by atoms with Crippen LogP contribution in [0.2, 0.25) is 0 Å². The number of nitrogens with zero attached hydrogens (tertiary/aromatic N) is 2. The van der Waals surface area contributed by atoms with Crippen molar-refractivity contribution in [1.29, 1.82) is 0 Å². The van der Waals surface area contributed by atoms with Crippen molar-refractivity contribution in [3.05, 3.63) is 6.33 Å². The van der Waals surface area contributed by atoms with Crippen LogP contribution < -0.4 is 15.8 Å². The van der Waals surface area contributed by atoms with Crippen LogP contribution in [0.5, 0.6) is 5.88 Å². The van der Waals surface area contributed by atoms with E-state index in [1.54, 1.807) is 7.11 Å². The summed E-state index contributed by atoms with van der Waals surface area (Å²) in [4.78, 5) is 8.08. The molecule has 1 unspecified atom stereocenters. The van der Waals surface area contributed by atoms with Gasteiger partial charge in [-0.25, -0.2) is 4.98 Å². The predicted molar refractivity (Wildman–Crippen MR) is 73.2 cm³/mol. The van der Waals surface area contributed by atoms with Crippen LogP contribution in [0.4, 0.5) is 11.5 Å². The number of rotatable bonds is 9. The maximum atomic E-state index is 9.00. The Bertz CT molecular complexity index is 370. The van der Waals surface area contributed by atoms with E-state index in [1.807, 2.05) is 6.92 Å². The van der Waals surface area contributed by atoms with E-state index in [2.05, 4.69) is 15.3 Å². The molecule has 4 N–H and O–H groups in total. The number of aromatic nitrogens is 2. The number of hydrogen-bond donors (Lipinski definition) is 3. The minimum Gasteiger partial charge on any atom is -0.476 e. The first kappa shape index (κ1) is 15.5. The summed E-state index contributed by atoms with van der Waals surface area (Å²) in [5.41, 5.74) is 6.32. The summed E-state index contributed by atoms with van der Waals surface area (Å²) in [5.74, 6) is 0.871. The summed E-state index contributed by atoms with van der Waals surface area (Å²) in [6.07, 6.45) is 2.82. The van der Waals surface area contributed by atoms with Crippen molar-refractivity contribution in [2.24, 2.45) is 0 Å². The Hall–Kier alpha value is -1.60. The minimum atomic E-state index is -0.0637. The lowest BCUT2D eigenvalue weighted by molar-refractivity contribution is 0.170. The highest BCUT2D eigenvalue weighted by molar-refractivity contribution is 5.66. The third-order valence-electron chi connectivity index (χ3n) is 2.48. The van der Waals surface area contributed by atoms with E-state index in [0.717, 1.165) is 6.42 Å². The third kappa shape index (κ3) is 4.88. The first-order chi connectivity index (χ1) is 9.22. The molecule has 0 saturated heterocycles. The van der Waals surface area contributed by atoms with E-state index < -0.39 is 0 Å². The molecular weight excluding hydrogens is 248 g/mol. The second-order valence-corrected chi connectivity index (χ2v) is 4.10. The minimum absolute atomic E-state index is 0.0607. The van der Waals surface area contributed by atoms with Crippen molar-refractivity contribution in [3.63, 3.8) is 0 Å². The quantitative estimate of drug-likeness (QED) is 0.605. The molecule has 0 spiro atoms. The summed E-state index contributed by atoms with van der Waals surface area (Å²) in [6.45, 7) is 3.07. The maximum absolute atomic E-state index is 9.00. The molecule has 19 heavy (non-hydrogen) atoms. The van der Waals surface area contributed by atoms with Gasteiger partial charge in [0.25, 0.3) is 0 Å². The molecule has 1 aromatic rings. The summed E-state index contributed by atoms with van der Waals surface area (Å²) in [7, 11) is 1.60. The summed E-state index contributed by atoms with van der Waals surface area (Å²) >= 11 is 0. The molecule has 7 heteroatoms. The van der Waals surface area contributed by atoms with Gasteiger partial charge in [-0.2, -0.15) is 4.98 Å². The first-order valence-electron chi connectivity index (χ1n) is 6.32. The highest BCUT2D eigenvalue weighted by Crippen LogP contribution is 2.25. The fourth-order valence-electron chi connectivity index (χ4n) is 1.56. The average Bonchev–Trinajstić information content (AvgIpc) is 2.40. The lowest BCUT2D eigenvalue weighted by Crippen LogP contribution is -2.27. The Kier molecular flexibility index (Phi) is 6.91. The Balaban J connectivity index is 2.75. The Morgan fingerprint density at radius 2 is 2.26 bits per heavy atom. The average molecular weight is 270 g/mol. The fourth-order valence-corrected chi connectivity index (χ4v) is 1.56. The van der Waals surface area contributed by atoms with Crippen LogP contribution in [0.3, 0.4) is 0 Å². The molecule has 0 aliphatic rings. The zero-order valence-corrected chi connectivity index (χ0v) is 11.4. The first-order valence-corrected chi connectivity index (χ1v) is 6.32. The maximum Gasteiger partial charge on any atom is 0.242 e. The normalized spacial score (nSPS) is 12.2. The van der Waals surface area contributed by atoms with Gasteiger partial charge in [0.2, 0.25) is 5.88 Å². The van der Waals surface area contributed by atoms with Crippen LogP contribution in [0.25, 0.3) is 0 Å². The van der Waals surface area contributed by atoms with Crippen LogP contribution in [0.1, 0.15) is 19.8 Å². The molecule has 108 valence electrons. The van der Waals surface area contributed by atoms with Crippen LogP contribution in [0, 0.1) is 0 Å². The van der Waals surface area contributed by atoms with Crippen molar-refractivity contribution in [3.8, 4) is 5.88 Å². The van der Waals surface area contributed by atoms with E-state index in [0.29, 0.717) is 37.0 Å². The number of aliphatic hydroxyl groups excluding tert-OH is 1. The number of anilines is 2. The lowest BCUT2D eigenvalue weighted by Gasteiger charge is -2.19. The van der Waals surface area contributed by atoms with Crippen molar-refractivity contribution in [1.82, 2.24) is 9.97 Å². The van der Waals surface area contributed by atoms with Crippen LogP contribution in [-0.4, -0.2) is 48.0 Å². The molecule has 0 aliphatic heterocycles. The highest BCUT2D eigenvalue weighted by atomic mass is 16.5. The monoisotopic (exact) mass is 270 g/mol. The molecule has 0 bridgehead atoms. The molecular formula is C12H22N4O3. The predicted octanol–water partition coefficient (Wildman–Crippen LogP) is 0.657. The van der Waals surface area contributed by atoms with Crippen molar-refractivity contribution in [2.75, 3.05) is 38.0 Å². The van der Waals surface area contributed by atoms with Crippen molar-refractivity contribution < 1.29 is 14.6 Å². The Morgan fingerprint density at radius 3 is 2.89 bits per heavy atom. The van der Waals surface area contributed by atoms with Crippen LogP contribution >= 0.6 is 0 Å². The third-order valence-corrected chi connectivity index (χ3v) is 2.48. The smallest absolute Gasteiger partial charge is 0.242 e. The van der Waals surface area contributed by atoms with Gasteiger partial charge < -0.3 is 25.6 Å². The van der Waals surface area contributed by atoms with Gasteiger partial charge in [0, 0.05) is 13.7 Å². The van der Waals surface area contributed by atoms with Gasteiger partial charge in [-0.15, -0.1) is 0 Å². The van der Waals surface area contributed by atoms with Gasteiger partial charge in [-0.05, 0) is 12.8 Å². The molecule has 0 radical (unpaired) electrons. The number of methoxy groups -OCH3 is 1. The molecule has 1 atom stereocenters. The van der Waals surface area contributed by atoms with Gasteiger partial charge in [-0.3, -0.25) is 0 Å². The zero-order chi connectivity index (χ0) is 14.1. The molecule has 0 amide bonds. The Morgan fingerprint density at radius 1 is 1.47 bits per heavy atom. The number of aliphatic hydroxyl groups is 1. The van der Waals surface area contributed by atoms with E-state index in [9.17, 15) is 0 Å². The number of nitrogens with one attached hydrogen (secondary N) is 1. The molecule has 0 saturated carbocycles. The number of nitrogens with two attached hydrogens (primary N) is 1. The molecule has 7 nitrogen and oxygen atoms in total. The Labute approximate surface area is 113 Å². The van der Waals surface area contributed by atoms with Gasteiger partial charge in [-0.1, -0.05) is 6.92 Å². The second kappa shape index (κ2) is 8.49. The molecule has 1 rings (SSSR count). The molecule has 0 aromatic carbocycles. The molecule has 0 aliphatic carbocycles. The largest absolute Gasteiger partial charge is 0.476 e. The second-order valence-electron chi connectivity index (χ2n) is 4.10. The summed E-state index contributed by atoms with van der Waals surface area (Å²) in [6, 6.07) is -0.0637. The van der Waals surface area contributed by atoms with Crippen molar-refractivity contribution >= 4 is 11.5 Å². The standard InChI is InChI=1S/C12H22N4O3/c1-3-6-19-12-10(13)11(14-8-15-12)16-9(4-5-17)7-18-2/h8-9,17H,3-7,13H2,1-2H3,(H,14,15,16). The summed E-state index contributed by atoms with van der Waals surface area (Å²) in [5, 5.41) is 12.1. The van der Waals surface area contributed by atoms with E-state index >= 15 is 0 Å². The number of ether oxygens (including phenoxy) is 2. The molecule has 0 fully saturated rings. The summed E-state index contributed by atoms with van der Waals surface area (Å²) < 4.78 is 10.5. The van der Waals surface area contributed by atoms with Crippen LogP contribution in [0.15, 0.2) is 6.33 Å². The molecule has 1 heterocycles. The van der Waals surface area contributed by atoms with Gasteiger partial charge in [0.1, 0.15) is 12.0 Å². The lowest BCUT2D eigenvalue weighted by atomic mass is 10.2. The zero-order valence-electron chi connectivity index (χ0n) is 11.4. The van der Waals surface area contributed by atoms with Gasteiger partial charge >= 0.3 is 0 Å². The highest BCUT2D eigenvalue weighted by Gasteiger charge is 2.14. The van der Waals surface area contributed by atoms with E-state index in [-0.39, 0.29) is 12.6 Å². The number of hydrogen-bond acceptors (Lipinski definition) is 7. The van der Waals surface area contributed by atoms with Gasteiger partial charge in [0.05, 0.1) is 19.3 Å². The van der Waals surface area contributed by atoms with Gasteiger partial charge in [0.15, 0.2) is 5.82 Å². The van der Waals surface area contributed by atoms with Crippen molar-refractivity contribution in [2.45, 2.75) is 25.8 Å². The fraction of sp³-hybridized carbons (Fsp3) is 0.667. The van der Waals surface area contributed by atoms with E-state index in [1.165, 1.54) is 6.33 Å². The SMILES string of the molecule is CCCOc1ncnc(NC(CCO)COC)c1N. The topological polar surface area (TPSA) is 103 Å². The van der Waals surface area contributed by atoms with Crippen LogP contribution in [-0.2, 0) is 4.74 Å². The van der Waals surface area contributed by atoms with E-state index in [4.69, 9.17) is 20.3 Å². The number of nitrogen functional groups attached to an aromatic ring is 1.